The highest BCUT2D eigenvalue weighted by Crippen LogP contribution is 2.25. The molecule has 0 aliphatic rings. The van der Waals surface area contributed by atoms with Crippen molar-refractivity contribution in [2.75, 3.05) is 30.5 Å². The quantitative estimate of drug-likeness (QED) is 0.763. The van der Waals surface area contributed by atoms with E-state index in [2.05, 4.69) is 51.1 Å². The first-order valence-corrected chi connectivity index (χ1v) is 8.09. The van der Waals surface area contributed by atoms with E-state index in [9.17, 15) is 0 Å². The molecule has 18 heavy (non-hydrogen) atoms. The number of nitrogens with zero attached hydrogens (tertiary/aromatic N) is 2. The molecule has 0 bridgehead atoms. The number of rotatable bonds is 5. The monoisotopic (exact) mass is 286 g/mol. The van der Waals surface area contributed by atoms with Gasteiger partial charge in [0.1, 0.15) is 5.82 Å². The van der Waals surface area contributed by atoms with Gasteiger partial charge >= 0.3 is 0 Å². The molecule has 2 nitrogen and oxygen atoms in total. The van der Waals surface area contributed by atoms with Gasteiger partial charge in [0, 0.05) is 36.3 Å². The van der Waals surface area contributed by atoms with E-state index in [-0.39, 0.29) is 5.41 Å². The normalized spacial score (nSPS) is 11.7. The van der Waals surface area contributed by atoms with Gasteiger partial charge in [-0.05, 0) is 24.0 Å². The van der Waals surface area contributed by atoms with Crippen molar-refractivity contribution >= 4 is 29.2 Å². The SMILES string of the molecule is CSCCN(C)c1cc(CCl)cc(C(C)(C)C)n1. The van der Waals surface area contributed by atoms with E-state index in [4.69, 9.17) is 16.6 Å². The topological polar surface area (TPSA) is 16.1 Å². The van der Waals surface area contributed by atoms with Crippen LogP contribution in [0, 0.1) is 0 Å². The van der Waals surface area contributed by atoms with Gasteiger partial charge in [-0.25, -0.2) is 4.98 Å². The largest absolute Gasteiger partial charge is 0.359 e. The minimum absolute atomic E-state index is 0.0527. The Hall–Kier alpha value is -0.410. The Morgan fingerprint density at radius 1 is 1.33 bits per heavy atom. The zero-order valence-electron chi connectivity index (χ0n) is 12.0. The molecule has 0 saturated heterocycles. The minimum Gasteiger partial charge on any atom is -0.359 e. The number of hydrogen-bond acceptors (Lipinski definition) is 3. The molecule has 0 saturated carbocycles. The molecule has 102 valence electrons. The molecule has 1 aromatic heterocycles. The number of anilines is 1. The van der Waals surface area contributed by atoms with E-state index in [1.807, 2.05) is 11.8 Å². The number of thioether (sulfide) groups is 1. The third-order valence-corrected chi connectivity index (χ3v) is 3.72. The van der Waals surface area contributed by atoms with E-state index < -0.39 is 0 Å². The summed E-state index contributed by atoms with van der Waals surface area (Å²) in [5, 5.41) is 0. The van der Waals surface area contributed by atoms with Crippen LogP contribution in [0.5, 0.6) is 0 Å². The number of pyridine rings is 1. The standard InChI is InChI=1S/C14H23ClN2S/c1-14(2,3)12-8-11(10-15)9-13(16-12)17(4)6-7-18-5/h8-9H,6-7,10H2,1-5H3. The first kappa shape index (κ1) is 15.6. The van der Waals surface area contributed by atoms with Crippen molar-refractivity contribution < 1.29 is 0 Å². The highest BCUT2D eigenvalue weighted by molar-refractivity contribution is 7.98. The summed E-state index contributed by atoms with van der Waals surface area (Å²) in [6, 6.07) is 4.20. The zero-order chi connectivity index (χ0) is 13.8. The first-order valence-electron chi connectivity index (χ1n) is 6.16. The van der Waals surface area contributed by atoms with Gasteiger partial charge in [-0.15, -0.1) is 11.6 Å². The van der Waals surface area contributed by atoms with Crippen molar-refractivity contribution in [3.63, 3.8) is 0 Å². The van der Waals surface area contributed by atoms with E-state index in [1.54, 1.807) is 0 Å². The van der Waals surface area contributed by atoms with Crippen LogP contribution in [0.1, 0.15) is 32.0 Å². The molecule has 4 heteroatoms. The van der Waals surface area contributed by atoms with Crippen LogP contribution in [-0.2, 0) is 11.3 Å². The Morgan fingerprint density at radius 3 is 2.50 bits per heavy atom. The fraction of sp³-hybridized carbons (Fsp3) is 0.643. The third kappa shape index (κ3) is 4.36. The molecule has 0 amide bonds. The van der Waals surface area contributed by atoms with Gasteiger partial charge in [-0.3, -0.25) is 0 Å². The molecule has 1 heterocycles. The molecule has 0 spiro atoms. The number of hydrogen-bond donors (Lipinski definition) is 0. The van der Waals surface area contributed by atoms with Gasteiger partial charge in [0.15, 0.2) is 0 Å². The summed E-state index contributed by atoms with van der Waals surface area (Å²) in [5.74, 6) is 2.66. The lowest BCUT2D eigenvalue weighted by Gasteiger charge is -2.23. The Balaban J connectivity index is 3.04. The number of alkyl halides is 1. The van der Waals surface area contributed by atoms with Crippen LogP contribution in [0.25, 0.3) is 0 Å². The summed E-state index contributed by atoms with van der Waals surface area (Å²) in [5.41, 5.74) is 2.30. The molecule has 1 rings (SSSR count). The Morgan fingerprint density at radius 2 is 2.00 bits per heavy atom. The van der Waals surface area contributed by atoms with Crippen LogP contribution in [-0.4, -0.2) is 30.6 Å². The van der Waals surface area contributed by atoms with Gasteiger partial charge < -0.3 is 4.90 Å². The Bertz CT molecular complexity index is 388. The van der Waals surface area contributed by atoms with Crippen LogP contribution in [0.15, 0.2) is 12.1 Å². The van der Waals surface area contributed by atoms with Gasteiger partial charge in [-0.2, -0.15) is 11.8 Å². The lowest BCUT2D eigenvalue weighted by Crippen LogP contribution is -2.23. The van der Waals surface area contributed by atoms with E-state index >= 15 is 0 Å². The molecule has 0 radical (unpaired) electrons. The predicted molar refractivity (Wildman–Crippen MR) is 84.1 cm³/mol. The van der Waals surface area contributed by atoms with Gasteiger partial charge in [0.05, 0.1) is 0 Å². The molecule has 0 atom stereocenters. The molecule has 0 aliphatic carbocycles. The Labute approximate surface area is 120 Å². The summed E-state index contributed by atoms with van der Waals surface area (Å²) in [4.78, 5) is 6.96. The summed E-state index contributed by atoms with van der Waals surface area (Å²) < 4.78 is 0. The summed E-state index contributed by atoms with van der Waals surface area (Å²) in [7, 11) is 2.09. The summed E-state index contributed by atoms with van der Waals surface area (Å²) >= 11 is 7.83. The van der Waals surface area contributed by atoms with Gasteiger partial charge in [0.25, 0.3) is 0 Å². The van der Waals surface area contributed by atoms with Crippen LogP contribution in [0.2, 0.25) is 0 Å². The van der Waals surface area contributed by atoms with Gasteiger partial charge in [-0.1, -0.05) is 20.8 Å². The summed E-state index contributed by atoms with van der Waals surface area (Å²) in [6.45, 7) is 7.54. The van der Waals surface area contributed by atoms with Crippen LogP contribution < -0.4 is 4.90 Å². The fourth-order valence-corrected chi connectivity index (χ4v) is 2.18. The minimum atomic E-state index is 0.0527. The van der Waals surface area contributed by atoms with E-state index in [0.717, 1.165) is 29.4 Å². The van der Waals surface area contributed by atoms with Crippen molar-refractivity contribution in [3.8, 4) is 0 Å². The summed E-state index contributed by atoms with van der Waals surface area (Å²) in [6.07, 6.45) is 2.12. The number of halogens is 1. The molecule has 0 fully saturated rings. The Kier molecular flexibility index (Phi) is 5.80. The molecular weight excluding hydrogens is 264 g/mol. The predicted octanol–water partition coefficient (Wildman–Crippen LogP) is 3.92. The van der Waals surface area contributed by atoms with Crippen LogP contribution >= 0.6 is 23.4 Å². The lowest BCUT2D eigenvalue weighted by atomic mass is 9.91. The lowest BCUT2D eigenvalue weighted by molar-refractivity contribution is 0.567. The zero-order valence-corrected chi connectivity index (χ0v) is 13.5. The van der Waals surface area contributed by atoms with Crippen molar-refractivity contribution in [1.29, 1.82) is 0 Å². The van der Waals surface area contributed by atoms with Crippen LogP contribution in [0.4, 0.5) is 5.82 Å². The molecule has 0 N–H and O–H groups in total. The fourth-order valence-electron chi connectivity index (χ4n) is 1.57. The maximum atomic E-state index is 5.98. The third-order valence-electron chi connectivity index (χ3n) is 2.82. The average molecular weight is 287 g/mol. The molecular formula is C14H23ClN2S. The smallest absolute Gasteiger partial charge is 0.128 e. The van der Waals surface area contributed by atoms with Crippen molar-refractivity contribution in [2.24, 2.45) is 0 Å². The number of aromatic nitrogens is 1. The second-order valence-corrected chi connectivity index (χ2v) is 6.77. The maximum Gasteiger partial charge on any atom is 0.128 e. The molecule has 0 aromatic carbocycles. The van der Waals surface area contributed by atoms with Crippen molar-refractivity contribution in [3.05, 3.63) is 23.4 Å². The van der Waals surface area contributed by atoms with Crippen molar-refractivity contribution in [2.45, 2.75) is 32.1 Å². The van der Waals surface area contributed by atoms with E-state index in [0.29, 0.717) is 5.88 Å². The average Bonchev–Trinajstić information content (AvgIpc) is 2.34. The molecule has 0 aliphatic heterocycles. The first-order chi connectivity index (χ1) is 8.38. The molecule has 1 aromatic rings. The van der Waals surface area contributed by atoms with Crippen LogP contribution in [0.3, 0.4) is 0 Å². The second-order valence-electron chi connectivity index (χ2n) is 5.52. The highest BCUT2D eigenvalue weighted by Gasteiger charge is 2.18. The van der Waals surface area contributed by atoms with Gasteiger partial charge in [0.2, 0.25) is 0 Å². The highest BCUT2D eigenvalue weighted by atomic mass is 35.5. The maximum absolute atomic E-state index is 5.98. The van der Waals surface area contributed by atoms with Crippen molar-refractivity contribution in [1.82, 2.24) is 4.98 Å². The molecule has 0 unspecified atom stereocenters. The second kappa shape index (κ2) is 6.67. The van der Waals surface area contributed by atoms with E-state index in [1.165, 1.54) is 0 Å².